The summed E-state index contributed by atoms with van der Waals surface area (Å²) in [6.07, 6.45) is 0. The van der Waals surface area contributed by atoms with Gasteiger partial charge in [-0.3, -0.25) is 0 Å². The molecule has 1 aromatic heterocycles. The van der Waals surface area contributed by atoms with E-state index in [4.69, 9.17) is 9.97 Å². The molecule has 2 heteroatoms. The maximum absolute atomic E-state index is 5.04. The molecule has 0 spiro atoms. The molecule has 0 aliphatic rings. The molecule has 224 valence electrons. The van der Waals surface area contributed by atoms with Crippen molar-refractivity contribution in [1.82, 2.24) is 9.97 Å². The van der Waals surface area contributed by atoms with Crippen LogP contribution < -0.4 is 0 Å². The van der Waals surface area contributed by atoms with Gasteiger partial charge in [0.15, 0.2) is 5.82 Å². The molecule has 0 aliphatic heterocycles. The van der Waals surface area contributed by atoms with Crippen molar-refractivity contribution in [2.24, 2.45) is 0 Å². The van der Waals surface area contributed by atoms with Crippen LogP contribution in [0.4, 0.5) is 0 Å². The second kappa shape index (κ2) is 11.8. The number of hydrogen-bond donors (Lipinski definition) is 0. The summed E-state index contributed by atoms with van der Waals surface area (Å²) in [5.41, 5.74) is 9.87. The predicted octanol–water partition coefficient (Wildman–Crippen LogP) is 12.3. The lowest BCUT2D eigenvalue weighted by molar-refractivity contribution is 1.18. The summed E-state index contributed by atoms with van der Waals surface area (Å²) in [6.45, 7) is 0. The van der Waals surface area contributed by atoms with Crippen molar-refractivity contribution in [2.75, 3.05) is 0 Å². The van der Waals surface area contributed by atoms with E-state index in [1.807, 2.05) is 36.4 Å². The van der Waals surface area contributed by atoms with Crippen LogP contribution in [0.1, 0.15) is 0 Å². The third-order valence-corrected chi connectivity index (χ3v) is 9.26. The first-order chi connectivity index (χ1) is 23.8. The van der Waals surface area contributed by atoms with E-state index >= 15 is 0 Å². The highest BCUT2D eigenvalue weighted by Crippen LogP contribution is 2.37. The van der Waals surface area contributed by atoms with Gasteiger partial charge in [-0.25, -0.2) is 9.97 Å². The molecule has 0 N–H and O–H groups in total. The van der Waals surface area contributed by atoms with Crippen molar-refractivity contribution in [1.29, 1.82) is 0 Å². The van der Waals surface area contributed by atoms with Gasteiger partial charge in [-0.15, -0.1) is 0 Å². The van der Waals surface area contributed by atoms with E-state index < -0.39 is 0 Å². The minimum atomic E-state index is 0.719. The molecule has 0 bridgehead atoms. The van der Waals surface area contributed by atoms with Gasteiger partial charge in [0.1, 0.15) is 0 Å². The predicted molar refractivity (Wildman–Crippen MR) is 202 cm³/mol. The summed E-state index contributed by atoms with van der Waals surface area (Å²) in [5.74, 6) is 0.719. The summed E-state index contributed by atoms with van der Waals surface area (Å²) in [4.78, 5) is 10.1. The van der Waals surface area contributed by atoms with Crippen LogP contribution in [-0.4, -0.2) is 9.97 Å². The summed E-state index contributed by atoms with van der Waals surface area (Å²) in [5, 5.41) is 7.35. The van der Waals surface area contributed by atoms with Crippen molar-refractivity contribution in [3.05, 3.63) is 182 Å². The van der Waals surface area contributed by atoms with Crippen LogP contribution in [0.3, 0.4) is 0 Å². The maximum Gasteiger partial charge on any atom is 0.160 e. The highest BCUT2D eigenvalue weighted by molar-refractivity contribution is 6.06. The standard InChI is InChI=1S/C46H30N2/c1-3-12-32(13-4-1)44-30-45(33-14-5-2-6-15-33)48-46(47-44)39-26-23-35-28-38(25-22-36(35)29-39)41-18-10-19-42-40(17-9-20-43(41)42)37-24-21-31-11-7-8-16-34(31)27-37/h1-30H. The number of hydrogen-bond acceptors (Lipinski definition) is 2. The van der Waals surface area contributed by atoms with Gasteiger partial charge in [-0.1, -0.05) is 158 Å². The van der Waals surface area contributed by atoms with Crippen molar-refractivity contribution in [3.63, 3.8) is 0 Å². The summed E-state index contributed by atoms with van der Waals surface area (Å²) in [7, 11) is 0. The molecule has 0 fully saturated rings. The highest BCUT2D eigenvalue weighted by atomic mass is 14.9. The van der Waals surface area contributed by atoms with Gasteiger partial charge in [0.2, 0.25) is 0 Å². The number of benzene rings is 8. The smallest absolute Gasteiger partial charge is 0.160 e. The number of rotatable bonds is 5. The van der Waals surface area contributed by atoms with Crippen LogP contribution in [0.15, 0.2) is 182 Å². The molecule has 0 amide bonds. The first kappa shape index (κ1) is 27.9. The molecule has 0 unspecified atom stereocenters. The molecular weight excluding hydrogens is 581 g/mol. The van der Waals surface area contributed by atoms with Crippen molar-refractivity contribution in [3.8, 4) is 56.2 Å². The second-order valence-corrected chi connectivity index (χ2v) is 12.2. The number of nitrogens with zero attached hydrogens (tertiary/aromatic N) is 2. The first-order valence-corrected chi connectivity index (χ1v) is 16.3. The van der Waals surface area contributed by atoms with E-state index in [-0.39, 0.29) is 0 Å². The molecule has 0 saturated heterocycles. The minimum Gasteiger partial charge on any atom is -0.228 e. The Morgan fingerprint density at radius 3 is 1.27 bits per heavy atom. The summed E-state index contributed by atoms with van der Waals surface area (Å²) in [6, 6.07) is 64.6. The topological polar surface area (TPSA) is 25.8 Å². The van der Waals surface area contributed by atoms with Crippen LogP contribution >= 0.6 is 0 Å². The fourth-order valence-electron chi connectivity index (χ4n) is 6.81. The number of aromatic nitrogens is 2. The van der Waals surface area contributed by atoms with E-state index in [0.29, 0.717) is 0 Å². The molecule has 2 nitrogen and oxygen atoms in total. The fraction of sp³-hybridized carbons (Fsp3) is 0. The van der Waals surface area contributed by atoms with E-state index in [1.54, 1.807) is 0 Å². The molecule has 9 aromatic rings. The van der Waals surface area contributed by atoms with Gasteiger partial charge in [-0.2, -0.15) is 0 Å². The Morgan fingerprint density at radius 1 is 0.271 bits per heavy atom. The van der Waals surface area contributed by atoms with Crippen LogP contribution in [0.25, 0.3) is 88.5 Å². The lowest BCUT2D eigenvalue weighted by Gasteiger charge is -2.13. The molecule has 48 heavy (non-hydrogen) atoms. The van der Waals surface area contributed by atoms with Gasteiger partial charge in [-0.05, 0) is 78.8 Å². The van der Waals surface area contributed by atoms with Crippen molar-refractivity contribution in [2.45, 2.75) is 0 Å². The van der Waals surface area contributed by atoms with Crippen molar-refractivity contribution < 1.29 is 0 Å². The van der Waals surface area contributed by atoms with Gasteiger partial charge in [0, 0.05) is 16.7 Å². The van der Waals surface area contributed by atoms with Crippen LogP contribution in [-0.2, 0) is 0 Å². The minimum absolute atomic E-state index is 0.719. The molecule has 0 aliphatic carbocycles. The molecule has 0 saturated carbocycles. The van der Waals surface area contributed by atoms with E-state index in [9.17, 15) is 0 Å². The van der Waals surface area contributed by atoms with Crippen molar-refractivity contribution >= 4 is 32.3 Å². The molecule has 8 aromatic carbocycles. The van der Waals surface area contributed by atoms with Gasteiger partial charge < -0.3 is 0 Å². The monoisotopic (exact) mass is 610 g/mol. The average molecular weight is 611 g/mol. The SMILES string of the molecule is c1ccc(-c2cc(-c3ccccc3)nc(-c3ccc4cc(-c5cccc6c(-c7ccc8ccccc8c7)cccc56)ccc4c3)n2)cc1. The first-order valence-electron chi connectivity index (χ1n) is 16.3. The van der Waals surface area contributed by atoms with Crippen LogP contribution in [0, 0.1) is 0 Å². The Morgan fingerprint density at radius 2 is 0.708 bits per heavy atom. The van der Waals surface area contributed by atoms with Crippen LogP contribution in [0.5, 0.6) is 0 Å². The number of fused-ring (bicyclic) bond motifs is 3. The Hall–Kier alpha value is -6.38. The van der Waals surface area contributed by atoms with Gasteiger partial charge in [0.25, 0.3) is 0 Å². The average Bonchev–Trinajstić information content (AvgIpc) is 3.17. The Labute approximate surface area is 279 Å². The summed E-state index contributed by atoms with van der Waals surface area (Å²) >= 11 is 0. The zero-order chi connectivity index (χ0) is 31.9. The van der Waals surface area contributed by atoms with E-state index in [1.165, 1.54) is 49.2 Å². The normalized spacial score (nSPS) is 11.3. The second-order valence-electron chi connectivity index (χ2n) is 12.2. The molecular formula is C46H30N2. The molecule has 9 rings (SSSR count). The van der Waals surface area contributed by atoms with E-state index in [2.05, 4.69) is 146 Å². The molecule has 0 atom stereocenters. The fourth-order valence-corrected chi connectivity index (χ4v) is 6.81. The zero-order valence-electron chi connectivity index (χ0n) is 26.2. The Kier molecular flexibility index (Phi) is 6.84. The summed E-state index contributed by atoms with van der Waals surface area (Å²) < 4.78 is 0. The van der Waals surface area contributed by atoms with E-state index in [0.717, 1.165) is 39.3 Å². The third kappa shape index (κ3) is 5.10. The van der Waals surface area contributed by atoms with Gasteiger partial charge in [0.05, 0.1) is 11.4 Å². The lowest BCUT2D eigenvalue weighted by Crippen LogP contribution is -1.96. The Balaban J connectivity index is 1.12. The van der Waals surface area contributed by atoms with Crippen LogP contribution in [0.2, 0.25) is 0 Å². The lowest BCUT2D eigenvalue weighted by atomic mass is 9.91. The highest BCUT2D eigenvalue weighted by Gasteiger charge is 2.13. The molecule has 0 radical (unpaired) electrons. The molecule has 1 heterocycles. The van der Waals surface area contributed by atoms with Gasteiger partial charge >= 0.3 is 0 Å². The third-order valence-electron chi connectivity index (χ3n) is 9.26. The maximum atomic E-state index is 5.04. The largest absolute Gasteiger partial charge is 0.228 e. The quantitative estimate of drug-likeness (QED) is 0.194. The Bertz CT molecular complexity index is 2550. The zero-order valence-corrected chi connectivity index (χ0v) is 26.2.